The fourth-order valence-corrected chi connectivity index (χ4v) is 1.86. The van der Waals surface area contributed by atoms with Gasteiger partial charge >= 0.3 is 0 Å². The normalized spacial score (nSPS) is 11.8. The summed E-state index contributed by atoms with van der Waals surface area (Å²) in [5.41, 5.74) is 1.45. The number of halogens is 1. The van der Waals surface area contributed by atoms with Crippen LogP contribution in [-0.4, -0.2) is 14.9 Å². The average molecular weight is 251 g/mol. The zero-order valence-electron chi connectivity index (χ0n) is 10.1. The number of aromatic nitrogens is 2. The molecule has 3 nitrogen and oxygen atoms in total. The van der Waals surface area contributed by atoms with E-state index in [1.54, 1.807) is 18.5 Å². The van der Waals surface area contributed by atoms with Crippen molar-refractivity contribution in [1.29, 1.82) is 0 Å². The van der Waals surface area contributed by atoms with Crippen LogP contribution in [-0.2, 0) is 5.60 Å². The van der Waals surface area contributed by atoms with Gasteiger partial charge in [0.2, 0.25) is 0 Å². The van der Waals surface area contributed by atoms with Crippen LogP contribution in [0.25, 0.3) is 5.69 Å². The molecule has 0 unspecified atom stereocenters. The van der Waals surface area contributed by atoms with Crippen LogP contribution in [0.3, 0.4) is 0 Å². The Hall–Kier alpha value is -1.32. The first-order valence-corrected chi connectivity index (χ1v) is 5.82. The highest BCUT2D eigenvalue weighted by atomic mass is 35.5. The molecule has 1 aromatic heterocycles. The molecule has 0 saturated carbocycles. The average Bonchev–Trinajstić information content (AvgIpc) is 2.61. The van der Waals surface area contributed by atoms with Crippen LogP contribution in [0.4, 0.5) is 0 Å². The van der Waals surface area contributed by atoms with Crippen LogP contribution in [0.1, 0.15) is 25.2 Å². The fraction of sp³-hybridized carbons (Fsp3) is 0.308. The molecule has 90 valence electrons. The minimum absolute atomic E-state index is 0.634. The van der Waals surface area contributed by atoms with E-state index in [1.807, 2.05) is 37.3 Å². The summed E-state index contributed by atoms with van der Waals surface area (Å²) in [6.45, 7) is 5.36. The number of rotatable bonds is 2. The van der Waals surface area contributed by atoms with Gasteiger partial charge in [-0.2, -0.15) is 5.10 Å². The Morgan fingerprint density at radius 2 is 1.94 bits per heavy atom. The zero-order valence-corrected chi connectivity index (χ0v) is 10.9. The molecule has 0 fully saturated rings. The van der Waals surface area contributed by atoms with Crippen molar-refractivity contribution in [3.63, 3.8) is 0 Å². The number of nitrogens with zero attached hydrogens (tertiary/aromatic N) is 2. The molecule has 0 bridgehead atoms. The van der Waals surface area contributed by atoms with Gasteiger partial charge in [-0.05, 0) is 39.0 Å². The van der Waals surface area contributed by atoms with Gasteiger partial charge in [-0.3, -0.25) is 0 Å². The minimum atomic E-state index is -0.947. The number of benzene rings is 1. The Kier molecular flexibility index (Phi) is 2.98. The first-order valence-electron chi connectivity index (χ1n) is 5.44. The standard InChI is InChI=1S/C13H15ClN2O/c1-9-8-12(13(2,3)17)15-16(9)11-7-5-4-6-10(11)14/h4-8,17H,1-3H3. The highest BCUT2D eigenvalue weighted by Crippen LogP contribution is 2.24. The van der Waals surface area contributed by atoms with Gasteiger partial charge in [-0.15, -0.1) is 0 Å². The van der Waals surface area contributed by atoms with Crippen LogP contribution in [0, 0.1) is 6.92 Å². The van der Waals surface area contributed by atoms with E-state index in [9.17, 15) is 5.11 Å². The molecule has 4 heteroatoms. The summed E-state index contributed by atoms with van der Waals surface area (Å²) in [4.78, 5) is 0. The smallest absolute Gasteiger partial charge is 0.103 e. The number of para-hydroxylation sites is 1. The molecule has 1 heterocycles. The molecule has 0 aliphatic heterocycles. The molecule has 0 atom stereocenters. The van der Waals surface area contributed by atoms with Gasteiger partial charge in [0.25, 0.3) is 0 Å². The Morgan fingerprint density at radius 1 is 1.29 bits per heavy atom. The molecule has 2 aromatic rings. The summed E-state index contributed by atoms with van der Waals surface area (Å²) in [6.07, 6.45) is 0. The maximum absolute atomic E-state index is 9.93. The molecule has 0 radical (unpaired) electrons. The number of hydrogen-bond acceptors (Lipinski definition) is 2. The molecular formula is C13H15ClN2O. The highest BCUT2D eigenvalue weighted by Gasteiger charge is 2.21. The topological polar surface area (TPSA) is 38.1 Å². The predicted molar refractivity (Wildman–Crippen MR) is 68.6 cm³/mol. The Labute approximate surface area is 106 Å². The van der Waals surface area contributed by atoms with E-state index in [4.69, 9.17) is 11.6 Å². The summed E-state index contributed by atoms with van der Waals surface area (Å²) >= 11 is 6.13. The van der Waals surface area contributed by atoms with Crippen molar-refractivity contribution in [2.75, 3.05) is 0 Å². The quantitative estimate of drug-likeness (QED) is 0.890. The summed E-state index contributed by atoms with van der Waals surface area (Å²) in [5, 5.41) is 15.0. The lowest BCUT2D eigenvalue weighted by Crippen LogP contribution is -2.16. The SMILES string of the molecule is Cc1cc(C(C)(C)O)nn1-c1ccccc1Cl. The summed E-state index contributed by atoms with van der Waals surface area (Å²) in [7, 11) is 0. The zero-order chi connectivity index (χ0) is 12.6. The van der Waals surface area contributed by atoms with Crippen molar-refractivity contribution < 1.29 is 5.11 Å². The monoisotopic (exact) mass is 250 g/mol. The second-order valence-electron chi connectivity index (χ2n) is 4.59. The van der Waals surface area contributed by atoms with Crippen LogP contribution in [0.15, 0.2) is 30.3 Å². The molecule has 1 aromatic carbocycles. The summed E-state index contributed by atoms with van der Waals surface area (Å²) in [5.74, 6) is 0. The van der Waals surface area contributed by atoms with E-state index in [1.165, 1.54) is 0 Å². The molecule has 0 amide bonds. The molecule has 0 saturated heterocycles. The molecule has 0 aliphatic rings. The van der Waals surface area contributed by atoms with E-state index in [0.717, 1.165) is 11.4 Å². The van der Waals surface area contributed by atoms with Gasteiger partial charge in [0.05, 0.1) is 16.4 Å². The second kappa shape index (κ2) is 4.17. The van der Waals surface area contributed by atoms with E-state index in [-0.39, 0.29) is 0 Å². The first kappa shape index (κ1) is 12.1. The minimum Gasteiger partial charge on any atom is -0.384 e. The largest absolute Gasteiger partial charge is 0.384 e. The van der Waals surface area contributed by atoms with Gasteiger partial charge in [-0.25, -0.2) is 4.68 Å². The van der Waals surface area contributed by atoms with Crippen molar-refractivity contribution in [3.8, 4) is 5.69 Å². The van der Waals surface area contributed by atoms with Gasteiger partial charge in [0.1, 0.15) is 5.60 Å². The van der Waals surface area contributed by atoms with Gasteiger partial charge < -0.3 is 5.11 Å². The van der Waals surface area contributed by atoms with Gasteiger partial charge in [0, 0.05) is 5.69 Å². The van der Waals surface area contributed by atoms with E-state index in [0.29, 0.717) is 10.7 Å². The third-order valence-electron chi connectivity index (χ3n) is 2.59. The Bertz CT molecular complexity index is 541. The number of aryl methyl sites for hydroxylation is 1. The maximum Gasteiger partial charge on any atom is 0.103 e. The third-order valence-corrected chi connectivity index (χ3v) is 2.91. The van der Waals surface area contributed by atoms with Crippen molar-refractivity contribution in [3.05, 3.63) is 46.7 Å². The van der Waals surface area contributed by atoms with Crippen LogP contribution in [0.5, 0.6) is 0 Å². The van der Waals surface area contributed by atoms with Crippen molar-refractivity contribution in [2.24, 2.45) is 0 Å². The lowest BCUT2D eigenvalue weighted by molar-refractivity contribution is 0.0734. The van der Waals surface area contributed by atoms with E-state index in [2.05, 4.69) is 5.10 Å². The molecular weight excluding hydrogens is 236 g/mol. The fourth-order valence-electron chi connectivity index (χ4n) is 1.64. The molecule has 1 N–H and O–H groups in total. The van der Waals surface area contributed by atoms with E-state index < -0.39 is 5.60 Å². The maximum atomic E-state index is 9.93. The van der Waals surface area contributed by atoms with Crippen molar-refractivity contribution in [2.45, 2.75) is 26.4 Å². The van der Waals surface area contributed by atoms with E-state index >= 15 is 0 Å². The second-order valence-corrected chi connectivity index (χ2v) is 5.00. The Morgan fingerprint density at radius 3 is 2.47 bits per heavy atom. The first-order chi connectivity index (χ1) is 7.89. The van der Waals surface area contributed by atoms with Gasteiger partial charge in [-0.1, -0.05) is 23.7 Å². The van der Waals surface area contributed by atoms with Crippen LogP contribution < -0.4 is 0 Å². The number of aliphatic hydroxyl groups is 1. The third kappa shape index (κ3) is 2.35. The molecule has 0 aliphatic carbocycles. The number of hydrogen-bond donors (Lipinski definition) is 1. The summed E-state index contributed by atoms with van der Waals surface area (Å²) in [6, 6.07) is 9.37. The Balaban J connectivity index is 2.55. The van der Waals surface area contributed by atoms with Gasteiger partial charge in [0.15, 0.2) is 0 Å². The highest BCUT2D eigenvalue weighted by molar-refractivity contribution is 6.32. The van der Waals surface area contributed by atoms with Crippen LogP contribution >= 0.6 is 11.6 Å². The lowest BCUT2D eigenvalue weighted by Gasteiger charge is -2.13. The molecule has 17 heavy (non-hydrogen) atoms. The predicted octanol–water partition coefficient (Wildman–Crippen LogP) is 3.06. The van der Waals surface area contributed by atoms with Crippen molar-refractivity contribution >= 4 is 11.6 Å². The molecule has 2 rings (SSSR count). The van der Waals surface area contributed by atoms with Crippen LogP contribution in [0.2, 0.25) is 5.02 Å². The molecule has 0 spiro atoms. The van der Waals surface area contributed by atoms with Crippen molar-refractivity contribution in [1.82, 2.24) is 9.78 Å². The summed E-state index contributed by atoms with van der Waals surface area (Å²) < 4.78 is 1.75. The lowest BCUT2D eigenvalue weighted by atomic mass is 10.1.